The summed E-state index contributed by atoms with van der Waals surface area (Å²) in [4.78, 5) is 4.11. The van der Waals surface area contributed by atoms with Crippen LogP contribution in [0.25, 0.3) is 16.9 Å². The first kappa shape index (κ1) is 13.4. The minimum absolute atomic E-state index is 0.211. The summed E-state index contributed by atoms with van der Waals surface area (Å²) >= 11 is 0. The first-order valence-corrected chi connectivity index (χ1v) is 6.50. The van der Waals surface area contributed by atoms with E-state index in [0.29, 0.717) is 5.69 Å². The van der Waals surface area contributed by atoms with Crippen molar-refractivity contribution >= 4 is 0 Å². The smallest absolute Gasteiger partial charge is 0.151 e. The third-order valence-corrected chi connectivity index (χ3v) is 3.22. The van der Waals surface area contributed by atoms with E-state index < -0.39 is 11.6 Å². The lowest BCUT2D eigenvalue weighted by atomic mass is 10.1. The van der Waals surface area contributed by atoms with Crippen molar-refractivity contribution in [1.82, 2.24) is 14.8 Å². The Morgan fingerprint density at radius 1 is 1.00 bits per heavy atom. The zero-order chi connectivity index (χ0) is 15.0. The minimum atomic E-state index is -0.654. The fourth-order valence-electron chi connectivity index (χ4n) is 2.29. The summed E-state index contributed by atoms with van der Waals surface area (Å²) < 4.78 is 29.6. The van der Waals surface area contributed by atoms with Crippen molar-refractivity contribution in [2.24, 2.45) is 0 Å². The van der Waals surface area contributed by atoms with Gasteiger partial charge in [-0.3, -0.25) is 4.98 Å². The molecule has 0 bridgehead atoms. The van der Waals surface area contributed by atoms with Gasteiger partial charge in [0.15, 0.2) is 5.82 Å². The van der Waals surface area contributed by atoms with E-state index in [4.69, 9.17) is 0 Å². The largest absolute Gasteiger partial charge is 0.256 e. The standard InChI is InChI=1S/C16H13F2N3/c1-10-7-11(2)21(20-10)16-8-12(13(17)9-14(16)18)15-5-3-4-6-19-15/h3-9H,1-2H3. The van der Waals surface area contributed by atoms with Crippen LogP contribution in [-0.2, 0) is 0 Å². The average Bonchev–Trinajstić information content (AvgIpc) is 2.79. The Bertz CT molecular complexity index is 795. The van der Waals surface area contributed by atoms with E-state index in [9.17, 15) is 8.78 Å². The lowest BCUT2D eigenvalue weighted by molar-refractivity contribution is 0.574. The van der Waals surface area contributed by atoms with Gasteiger partial charge in [-0.25, -0.2) is 13.5 Å². The SMILES string of the molecule is Cc1cc(C)n(-c2cc(-c3ccccn3)c(F)cc2F)n1. The quantitative estimate of drug-likeness (QED) is 0.716. The molecule has 5 heteroatoms. The second-order valence-corrected chi connectivity index (χ2v) is 4.84. The number of aryl methyl sites for hydroxylation is 2. The van der Waals surface area contributed by atoms with Crippen LogP contribution in [0.4, 0.5) is 8.78 Å². The number of hydrogen-bond donors (Lipinski definition) is 0. The fraction of sp³-hybridized carbons (Fsp3) is 0.125. The molecule has 0 unspecified atom stereocenters. The summed E-state index contributed by atoms with van der Waals surface area (Å²) in [5.74, 6) is -1.30. The summed E-state index contributed by atoms with van der Waals surface area (Å²) in [6.07, 6.45) is 1.57. The van der Waals surface area contributed by atoms with Crippen LogP contribution < -0.4 is 0 Å². The Labute approximate surface area is 120 Å². The molecule has 106 valence electrons. The second kappa shape index (κ2) is 5.09. The van der Waals surface area contributed by atoms with E-state index >= 15 is 0 Å². The third-order valence-electron chi connectivity index (χ3n) is 3.22. The van der Waals surface area contributed by atoms with Crippen molar-refractivity contribution in [3.8, 4) is 16.9 Å². The van der Waals surface area contributed by atoms with Gasteiger partial charge >= 0.3 is 0 Å². The normalized spacial score (nSPS) is 10.9. The van der Waals surface area contributed by atoms with Gasteiger partial charge in [0.1, 0.15) is 11.5 Å². The average molecular weight is 285 g/mol. The maximum Gasteiger partial charge on any atom is 0.151 e. The molecule has 3 rings (SSSR count). The molecule has 2 heterocycles. The molecule has 3 aromatic rings. The monoisotopic (exact) mass is 285 g/mol. The first-order valence-electron chi connectivity index (χ1n) is 6.50. The maximum atomic E-state index is 14.1. The number of halogens is 2. The van der Waals surface area contributed by atoms with Crippen molar-refractivity contribution in [1.29, 1.82) is 0 Å². The molecule has 0 aliphatic heterocycles. The van der Waals surface area contributed by atoms with Gasteiger partial charge in [-0.1, -0.05) is 6.07 Å². The van der Waals surface area contributed by atoms with Crippen LogP contribution in [0.15, 0.2) is 42.6 Å². The van der Waals surface area contributed by atoms with Gasteiger partial charge in [-0.05, 0) is 38.1 Å². The van der Waals surface area contributed by atoms with E-state index in [2.05, 4.69) is 10.1 Å². The van der Waals surface area contributed by atoms with E-state index in [1.807, 2.05) is 19.9 Å². The van der Waals surface area contributed by atoms with Crippen molar-refractivity contribution in [3.05, 3.63) is 65.6 Å². The highest BCUT2D eigenvalue weighted by Gasteiger charge is 2.15. The molecule has 0 N–H and O–H groups in total. The number of nitrogens with zero attached hydrogens (tertiary/aromatic N) is 3. The predicted molar refractivity (Wildman–Crippen MR) is 76.2 cm³/mol. The van der Waals surface area contributed by atoms with Crippen molar-refractivity contribution in [3.63, 3.8) is 0 Å². The van der Waals surface area contributed by atoms with Gasteiger partial charge in [-0.15, -0.1) is 0 Å². The fourth-order valence-corrected chi connectivity index (χ4v) is 2.29. The topological polar surface area (TPSA) is 30.7 Å². The Hall–Kier alpha value is -2.56. The van der Waals surface area contributed by atoms with Gasteiger partial charge in [0.25, 0.3) is 0 Å². The van der Waals surface area contributed by atoms with E-state index in [-0.39, 0.29) is 11.3 Å². The summed E-state index contributed by atoms with van der Waals surface area (Å²) in [7, 11) is 0. The molecule has 3 nitrogen and oxygen atoms in total. The highest BCUT2D eigenvalue weighted by Crippen LogP contribution is 2.26. The van der Waals surface area contributed by atoms with Crippen LogP contribution >= 0.6 is 0 Å². The summed E-state index contributed by atoms with van der Waals surface area (Å²) in [6.45, 7) is 3.65. The van der Waals surface area contributed by atoms with Crippen molar-refractivity contribution in [2.45, 2.75) is 13.8 Å². The zero-order valence-electron chi connectivity index (χ0n) is 11.6. The molecular weight excluding hydrogens is 272 g/mol. The van der Waals surface area contributed by atoms with Gasteiger partial charge in [0.2, 0.25) is 0 Å². The Balaban J connectivity index is 2.21. The van der Waals surface area contributed by atoms with Gasteiger partial charge in [-0.2, -0.15) is 5.10 Å². The molecule has 21 heavy (non-hydrogen) atoms. The van der Waals surface area contributed by atoms with Crippen LogP contribution in [-0.4, -0.2) is 14.8 Å². The number of hydrogen-bond acceptors (Lipinski definition) is 2. The molecule has 0 saturated carbocycles. The van der Waals surface area contributed by atoms with Crippen LogP contribution in [0.5, 0.6) is 0 Å². The van der Waals surface area contributed by atoms with E-state index in [1.54, 1.807) is 24.4 Å². The number of rotatable bonds is 2. The Morgan fingerprint density at radius 2 is 1.81 bits per heavy atom. The Kier molecular flexibility index (Phi) is 3.25. The van der Waals surface area contributed by atoms with Gasteiger partial charge < -0.3 is 0 Å². The van der Waals surface area contributed by atoms with Crippen LogP contribution in [0.1, 0.15) is 11.4 Å². The van der Waals surface area contributed by atoms with Gasteiger partial charge in [0, 0.05) is 23.5 Å². The van der Waals surface area contributed by atoms with Crippen molar-refractivity contribution in [2.75, 3.05) is 0 Å². The molecule has 2 aromatic heterocycles. The summed E-state index contributed by atoms with van der Waals surface area (Å²) in [5, 5.41) is 4.24. The number of aromatic nitrogens is 3. The molecular formula is C16H13F2N3. The lowest BCUT2D eigenvalue weighted by Crippen LogP contribution is -2.04. The van der Waals surface area contributed by atoms with Crippen LogP contribution in [0.3, 0.4) is 0 Å². The second-order valence-electron chi connectivity index (χ2n) is 4.84. The number of benzene rings is 1. The Morgan fingerprint density at radius 3 is 2.43 bits per heavy atom. The molecule has 0 radical (unpaired) electrons. The summed E-state index contributed by atoms with van der Waals surface area (Å²) in [5.41, 5.74) is 2.47. The highest BCUT2D eigenvalue weighted by atomic mass is 19.1. The molecule has 0 fully saturated rings. The molecule has 0 aliphatic carbocycles. The van der Waals surface area contributed by atoms with E-state index in [1.165, 1.54) is 10.7 Å². The van der Waals surface area contributed by atoms with Crippen LogP contribution in [0.2, 0.25) is 0 Å². The van der Waals surface area contributed by atoms with Crippen molar-refractivity contribution < 1.29 is 8.78 Å². The third kappa shape index (κ3) is 2.42. The summed E-state index contributed by atoms with van der Waals surface area (Å²) in [6, 6.07) is 9.33. The molecule has 0 saturated heterocycles. The molecule has 0 atom stereocenters. The first-order chi connectivity index (χ1) is 10.1. The molecule has 0 spiro atoms. The highest BCUT2D eigenvalue weighted by molar-refractivity contribution is 5.63. The van der Waals surface area contributed by atoms with E-state index in [0.717, 1.165) is 17.5 Å². The molecule has 1 aromatic carbocycles. The zero-order valence-corrected chi connectivity index (χ0v) is 11.6. The maximum absolute atomic E-state index is 14.1. The predicted octanol–water partition coefficient (Wildman–Crippen LogP) is 3.83. The van der Waals surface area contributed by atoms with Gasteiger partial charge in [0.05, 0.1) is 11.4 Å². The minimum Gasteiger partial charge on any atom is -0.256 e. The number of pyridine rings is 1. The molecule has 0 amide bonds. The molecule has 0 aliphatic rings. The lowest BCUT2D eigenvalue weighted by Gasteiger charge is -2.09. The van der Waals surface area contributed by atoms with Crippen LogP contribution in [0, 0.1) is 25.5 Å².